The van der Waals surface area contributed by atoms with Gasteiger partial charge in [-0.25, -0.2) is 14.6 Å². The van der Waals surface area contributed by atoms with Crippen molar-refractivity contribution in [2.75, 3.05) is 32.7 Å². The Morgan fingerprint density at radius 1 is 1.27 bits per heavy atom. The minimum Gasteiger partial charge on any atom is -0.464 e. The highest BCUT2D eigenvalue weighted by Crippen LogP contribution is 2.30. The maximum atomic E-state index is 12.6. The molecule has 0 aliphatic heterocycles. The normalized spacial score (nSPS) is 10.5. The van der Waals surface area contributed by atoms with Gasteiger partial charge in [-0.05, 0) is 12.1 Å². The third-order valence-corrected chi connectivity index (χ3v) is 3.95. The van der Waals surface area contributed by atoms with E-state index in [-0.39, 0.29) is 31.3 Å². The fraction of sp³-hybridized carbons (Fsp3) is 0.312. The Morgan fingerprint density at radius 3 is 2.58 bits per heavy atom. The van der Waals surface area contributed by atoms with Crippen molar-refractivity contribution < 1.29 is 23.5 Å². The first-order valence-electron chi connectivity index (χ1n) is 7.47. The van der Waals surface area contributed by atoms with Crippen LogP contribution in [0.1, 0.15) is 16.4 Å². The number of halogens is 2. The van der Waals surface area contributed by atoms with Gasteiger partial charge < -0.3 is 24.1 Å². The summed E-state index contributed by atoms with van der Waals surface area (Å²) in [5, 5.41) is 3.27. The van der Waals surface area contributed by atoms with Gasteiger partial charge >= 0.3 is 12.0 Å². The van der Waals surface area contributed by atoms with Crippen LogP contribution in [0, 0.1) is 0 Å². The number of para-hydroxylation sites is 1. The molecule has 1 heterocycles. The number of esters is 1. The van der Waals surface area contributed by atoms with E-state index in [9.17, 15) is 9.59 Å². The molecule has 10 heteroatoms. The maximum Gasteiger partial charge on any atom is 0.360 e. The van der Waals surface area contributed by atoms with Gasteiger partial charge in [0.2, 0.25) is 5.89 Å². The number of hydrogen-bond acceptors (Lipinski definition) is 6. The summed E-state index contributed by atoms with van der Waals surface area (Å²) in [6.45, 7) is 0.544. The lowest BCUT2D eigenvalue weighted by molar-refractivity contribution is 0.0594. The van der Waals surface area contributed by atoms with Crippen molar-refractivity contribution in [2.24, 2.45) is 0 Å². The molecule has 0 fully saturated rings. The van der Waals surface area contributed by atoms with Gasteiger partial charge in [0.25, 0.3) is 0 Å². The predicted octanol–water partition coefficient (Wildman–Crippen LogP) is 3.45. The molecule has 0 saturated carbocycles. The first-order chi connectivity index (χ1) is 12.5. The topological polar surface area (TPSA) is 93.9 Å². The number of oxazole rings is 1. The number of hydrogen-bond donors (Lipinski definition) is 1. The van der Waals surface area contributed by atoms with Crippen LogP contribution >= 0.6 is 23.2 Å². The summed E-state index contributed by atoms with van der Waals surface area (Å²) in [6.07, 6.45) is 1.17. The van der Waals surface area contributed by atoms with E-state index < -0.39 is 12.0 Å². The van der Waals surface area contributed by atoms with Crippen LogP contribution in [0.3, 0.4) is 0 Å². The number of urea groups is 1. The van der Waals surface area contributed by atoms with Crippen molar-refractivity contribution >= 4 is 40.9 Å². The summed E-state index contributed by atoms with van der Waals surface area (Å²) in [5.41, 5.74) is 0.314. The second-order valence-electron chi connectivity index (χ2n) is 5.06. The van der Waals surface area contributed by atoms with Gasteiger partial charge in [0, 0.05) is 13.7 Å². The second-order valence-corrected chi connectivity index (χ2v) is 5.87. The summed E-state index contributed by atoms with van der Waals surface area (Å²) < 4.78 is 14.8. The molecule has 0 unspecified atom stereocenters. The van der Waals surface area contributed by atoms with Gasteiger partial charge in [-0.2, -0.15) is 0 Å². The SMILES string of the molecule is COCCN(Cc1nc(C(=O)OC)co1)C(=O)Nc1c(Cl)cccc1Cl. The van der Waals surface area contributed by atoms with Crippen molar-refractivity contribution in [3.05, 3.63) is 46.1 Å². The Kier molecular flexibility index (Phi) is 7.26. The molecule has 0 aliphatic carbocycles. The Morgan fingerprint density at radius 2 is 1.96 bits per heavy atom. The van der Waals surface area contributed by atoms with E-state index in [4.69, 9.17) is 32.4 Å². The molecule has 140 valence electrons. The van der Waals surface area contributed by atoms with E-state index in [2.05, 4.69) is 15.0 Å². The lowest BCUT2D eigenvalue weighted by atomic mass is 10.3. The number of anilines is 1. The smallest absolute Gasteiger partial charge is 0.360 e. The van der Waals surface area contributed by atoms with E-state index >= 15 is 0 Å². The highest BCUT2D eigenvalue weighted by atomic mass is 35.5. The van der Waals surface area contributed by atoms with Gasteiger partial charge in [0.15, 0.2) is 5.69 Å². The zero-order valence-electron chi connectivity index (χ0n) is 14.1. The van der Waals surface area contributed by atoms with Crippen molar-refractivity contribution in [3.63, 3.8) is 0 Å². The zero-order valence-corrected chi connectivity index (χ0v) is 15.6. The van der Waals surface area contributed by atoms with Crippen LogP contribution in [0.4, 0.5) is 10.5 Å². The standard InChI is InChI=1S/C16H17Cl2N3O5/c1-24-7-6-21(8-13-19-12(9-26-13)15(22)25-2)16(23)20-14-10(17)4-3-5-11(14)18/h3-5,9H,6-8H2,1-2H3,(H,20,23). The van der Waals surface area contributed by atoms with Crippen molar-refractivity contribution in [2.45, 2.75) is 6.54 Å². The molecular weight excluding hydrogens is 385 g/mol. The average Bonchev–Trinajstić information content (AvgIpc) is 3.09. The zero-order chi connectivity index (χ0) is 19.1. The van der Waals surface area contributed by atoms with Crippen LogP contribution in [-0.4, -0.2) is 49.3 Å². The molecule has 1 N–H and O–H groups in total. The van der Waals surface area contributed by atoms with E-state index in [0.29, 0.717) is 15.7 Å². The number of benzene rings is 1. The molecular formula is C16H17Cl2N3O5. The molecule has 26 heavy (non-hydrogen) atoms. The number of rotatable bonds is 7. The molecule has 0 spiro atoms. The lowest BCUT2D eigenvalue weighted by Crippen LogP contribution is -2.37. The van der Waals surface area contributed by atoms with Gasteiger partial charge in [-0.1, -0.05) is 29.3 Å². The van der Waals surface area contributed by atoms with Gasteiger partial charge in [-0.15, -0.1) is 0 Å². The number of amides is 2. The summed E-state index contributed by atoms with van der Waals surface area (Å²) in [6, 6.07) is 4.41. The van der Waals surface area contributed by atoms with Gasteiger partial charge in [0.05, 0.1) is 36.0 Å². The molecule has 0 radical (unpaired) electrons. The van der Waals surface area contributed by atoms with Gasteiger partial charge in [-0.3, -0.25) is 0 Å². The van der Waals surface area contributed by atoms with Crippen molar-refractivity contribution in [3.8, 4) is 0 Å². The number of carbonyl (C=O) groups excluding carboxylic acids is 2. The maximum absolute atomic E-state index is 12.6. The molecule has 2 aromatic rings. The minimum atomic E-state index is -0.629. The molecule has 2 amide bonds. The highest BCUT2D eigenvalue weighted by Gasteiger charge is 2.20. The first kappa shape index (κ1) is 20.0. The highest BCUT2D eigenvalue weighted by molar-refractivity contribution is 6.39. The lowest BCUT2D eigenvalue weighted by Gasteiger charge is -2.22. The minimum absolute atomic E-state index is 0.00819. The number of nitrogens with one attached hydrogen (secondary N) is 1. The van der Waals surface area contributed by atoms with E-state index in [0.717, 1.165) is 0 Å². The Bertz CT molecular complexity index is 761. The molecule has 2 rings (SSSR count). The summed E-state index contributed by atoms with van der Waals surface area (Å²) in [5.74, 6) is -0.461. The third-order valence-electron chi connectivity index (χ3n) is 3.32. The molecule has 0 aliphatic rings. The third kappa shape index (κ3) is 5.10. The summed E-state index contributed by atoms with van der Waals surface area (Å²) in [7, 11) is 2.75. The first-order valence-corrected chi connectivity index (χ1v) is 8.23. The fourth-order valence-electron chi connectivity index (χ4n) is 2.00. The molecule has 1 aromatic heterocycles. The molecule has 8 nitrogen and oxygen atoms in total. The molecule has 0 bridgehead atoms. The van der Waals surface area contributed by atoms with Crippen molar-refractivity contribution in [1.29, 1.82) is 0 Å². The van der Waals surface area contributed by atoms with Crippen LogP contribution in [0.25, 0.3) is 0 Å². The molecule has 0 atom stereocenters. The predicted molar refractivity (Wildman–Crippen MR) is 95.6 cm³/mol. The Labute approximate surface area is 160 Å². The second kappa shape index (κ2) is 9.42. The number of methoxy groups -OCH3 is 2. The Hall–Kier alpha value is -2.29. The van der Waals surface area contributed by atoms with Crippen LogP contribution < -0.4 is 5.32 Å². The van der Waals surface area contributed by atoms with Crippen LogP contribution in [0.5, 0.6) is 0 Å². The fourth-order valence-corrected chi connectivity index (χ4v) is 2.49. The van der Waals surface area contributed by atoms with Crippen LogP contribution in [0.2, 0.25) is 10.0 Å². The summed E-state index contributed by atoms with van der Waals surface area (Å²) >= 11 is 12.1. The van der Waals surface area contributed by atoms with E-state index in [1.807, 2.05) is 0 Å². The largest absolute Gasteiger partial charge is 0.464 e. The Balaban J connectivity index is 2.14. The number of nitrogens with zero attached hydrogens (tertiary/aromatic N) is 2. The molecule has 0 saturated heterocycles. The van der Waals surface area contributed by atoms with E-state index in [1.54, 1.807) is 18.2 Å². The molecule has 1 aromatic carbocycles. The summed E-state index contributed by atoms with van der Waals surface area (Å²) in [4.78, 5) is 29.4. The van der Waals surface area contributed by atoms with Gasteiger partial charge in [0.1, 0.15) is 6.26 Å². The quantitative estimate of drug-likeness (QED) is 0.713. The monoisotopic (exact) mass is 401 g/mol. The van der Waals surface area contributed by atoms with Crippen LogP contribution in [0.15, 0.2) is 28.9 Å². The van der Waals surface area contributed by atoms with E-state index in [1.165, 1.54) is 25.4 Å². The average molecular weight is 402 g/mol. The van der Waals surface area contributed by atoms with Crippen molar-refractivity contribution in [1.82, 2.24) is 9.88 Å². The number of carbonyl (C=O) groups is 2. The number of ether oxygens (including phenoxy) is 2. The number of aromatic nitrogens is 1. The van der Waals surface area contributed by atoms with Crippen LogP contribution in [-0.2, 0) is 16.0 Å².